The topological polar surface area (TPSA) is 178 Å². The Bertz CT molecular complexity index is 1600. The highest BCUT2D eigenvalue weighted by molar-refractivity contribution is 5.76. The predicted molar refractivity (Wildman–Crippen MR) is 205 cm³/mol. The third-order valence-corrected chi connectivity index (χ3v) is 16.9. The van der Waals surface area contributed by atoms with Gasteiger partial charge in [0.25, 0.3) is 0 Å². The van der Waals surface area contributed by atoms with E-state index in [0.717, 1.165) is 43.4 Å². The van der Waals surface area contributed by atoms with Crippen LogP contribution >= 0.6 is 0 Å². The van der Waals surface area contributed by atoms with Gasteiger partial charge in [-0.05, 0) is 115 Å². The maximum atomic E-state index is 13.2. The van der Waals surface area contributed by atoms with Crippen LogP contribution in [-0.2, 0) is 32.2 Å². The van der Waals surface area contributed by atoms with Gasteiger partial charge < -0.3 is 50.2 Å². The maximum absolute atomic E-state index is 13.2. The second kappa shape index (κ2) is 14.7. The second-order valence-corrected chi connectivity index (χ2v) is 19.9. The molecule has 11 nitrogen and oxygen atoms in total. The molecule has 0 spiro atoms. The third-order valence-electron chi connectivity index (χ3n) is 16.9. The van der Waals surface area contributed by atoms with Crippen LogP contribution in [0.5, 0.6) is 0 Å². The van der Waals surface area contributed by atoms with Gasteiger partial charge in [-0.3, -0.25) is 4.79 Å². The molecule has 1 aliphatic heterocycles. The van der Waals surface area contributed by atoms with Crippen molar-refractivity contribution in [3.05, 3.63) is 47.0 Å². The first-order valence-corrected chi connectivity index (χ1v) is 20.8. The number of aliphatic hydroxyl groups is 5. The molecule has 1 heterocycles. The molecule has 0 bridgehead atoms. The van der Waals surface area contributed by atoms with Crippen molar-refractivity contribution in [1.82, 2.24) is 5.32 Å². The number of carboxylic acids is 1. The number of hydrogen-bond donors (Lipinski definition) is 7. The van der Waals surface area contributed by atoms with Gasteiger partial charge in [-0.1, -0.05) is 70.5 Å². The van der Waals surface area contributed by atoms with Crippen molar-refractivity contribution in [2.75, 3.05) is 26.9 Å². The Morgan fingerprint density at radius 1 is 0.891 bits per heavy atom. The molecule has 5 fully saturated rings. The number of allylic oxidation sites excluding steroid dienone is 2. The van der Waals surface area contributed by atoms with Crippen molar-refractivity contribution in [2.45, 2.75) is 142 Å². The normalized spacial score (nSPS) is 48.1. The van der Waals surface area contributed by atoms with Crippen LogP contribution in [0.1, 0.15) is 104 Å². The fourth-order valence-corrected chi connectivity index (χ4v) is 13.4. The molecule has 0 aromatic heterocycles. The Labute approximate surface area is 326 Å². The maximum Gasteiger partial charge on any atom is 0.310 e. The monoisotopic (exact) mass is 769 g/mol. The van der Waals surface area contributed by atoms with Crippen LogP contribution < -0.4 is 5.32 Å². The van der Waals surface area contributed by atoms with Crippen LogP contribution in [0.3, 0.4) is 0 Å². The molecule has 55 heavy (non-hydrogen) atoms. The minimum atomic E-state index is -1.48. The largest absolute Gasteiger partial charge is 0.481 e. The van der Waals surface area contributed by atoms with E-state index < -0.39 is 53.6 Å². The Kier molecular flexibility index (Phi) is 11.0. The van der Waals surface area contributed by atoms with Gasteiger partial charge in [0, 0.05) is 18.6 Å². The van der Waals surface area contributed by atoms with Gasteiger partial charge in [0.05, 0.1) is 37.4 Å². The zero-order valence-electron chi connectivity index (χ0n) is 33.8. The number of carbonyl (C=O) groups is 1. The van der Waals surface area contributed by atoms with Crippen molar-refractivity contribution in [1.29, 1.82) is 0 Å². The van der Waals surface area contributed by atoms with Crippen LogP contribution in [0.15, 0.2) is 35.9 Å². The molecule has 6 aliphatic rings. The molecule has 11 heteroatoms. The minimum Gasteiger partial charge on any atom is -0.481 e. The van der Waals surface area contributed by atoms with Crippen LogP contribution in [0, 0.1) is 50.2 Å². The smallest absolute Gasteiger partial charge is 0.310 e. The highest BCUT2D eigenvalue weighted by Gasteiger charge is 2.71. The molecule has 1 aromatic carbocycles. The fourth-order valence-electron chi connectivity index (χ4n) is 13.4. The highest BCUT2D eigenvalue weighted by atomic mass is 16.7. The molecule has 7 rings (SSSR count). The van der Waals surface area contributed by atoms with E-state index in [0.29, 0.717) is 38.7 Å². The number of aliphatic hydroxyl groups excluding tert-OH is 5. The van der Waals surface area contributed by atoms with E-state index in [1.165, 1.54) is 5.57 Å². The van der Waals surface area contributed by atoms with E-state index in [1.54, 1.807) is 0 Å². The summed E-state index contributed by atoms with van der Waals surface area (Å²) in [6, 6.07) is 8.28. The Balaban J connectivity index is 1.26. The molecule has 308 valence electrons. The van der Waals surface area contributed by atoms with E-state index in [1.807, 2.05) is 7.05 Å². The molecular formula is C44H67NO10. The number of hydrogen-bond acceptors (Lipinski definition) is 10. The van der Waals surface area contributed by atoms with Gasteiger partial charge >= 0.3 is 5.97 Å². The fraction of sp³-hybridized carbons (Fsp3) is 0.795. The predicted octanol–water partition coefficient (Wildman–Crippen LogP) is 4.56. The van der Waals surface area contributed by atoms with Crippen molar-refractivity contribution in [3.63, 3.8) is 0 Å². The number of nitrogens with one attached hydrogen (secondary N) is 1. The first-order valence-electron chi connectivity index (χ1n) is 20.8. The summed E-state index contributed by atoms with van der Waals surface area (Å²) < 4.78 is 19.4. The number of ether oxygens (including phenoxy) is 3. The molecule has 0 unspecified atom stereocenters. The average molecular weight is 770 g/mol. The van der Waals surface area contributed by atoms with Crippen LogP contribution in [0.4, 0.5) is 0 Å². The molecule has 0 radical (unpaired) electrons. The number of benzene rings is 1. The summed E-state index contributed by atoms with van der Waals surface area (Å²) in [5.74, 6) is -0.621. The van der Waals surface area contributed by atoms with Gasteiger partial charge in [0.1, 0.15) is 18.3 Å². The van der Waals surface area contributed by atoms with Crippen LogP contribution in [0.25, 0.3) is 0 Å². The molecule has 4 saturated carbocycles. The van der Waals surface area contributed by atoms with Gasteiger partial charge in [-0.15, -0.1) is 0 Å². The first kappa shape index (κ1) is 41.2. The van der Waals surface area contributed by atoms with Gasteiger partial charge in [-0.2, -0.15) is 0 Å². The highest BCUT2D eigenvalue weighted by Crippen LogP contribution is 2.76. The number of rotatable bonds is 10. The second-order valence-electron chi connectivity index (χ2n) is 19.9. The summed E-state index contributed by atoms with van der Waals surface area (Å²) in [6.07, 6.45) is 2.36. The van der Waals surface area contributed by atoms with Crippen molar-refractivity contribution < 1.29 is 49.6 Å². The van der Waals surface area contributed by atoms with Crippen LogP contribution in [0.2, 0.25) is 0 Å². The molecule has 5 aliphatic carbocycles. The Morgan fingerprint density at radius 3 is 2.24 bits per heavy atom. The lowest BCUT2D eigenvalue weighted by atomic mass is 9.33. The van der Waals surface area contributed by atoms with Gasteiger partial charge in [0.2, 0.25) is 0 Å². The lowest BCUT2D eigenvalue weighted by molar-refractivity contribution is -0.332. The van der Waals surface area contributed by atoms with Gasteiger partial charge in [-0.25, -0.2) is 0 Å². The summed E-state index contributed by atoms with van der Waals surface area (Å²) in [5.41, 5.74) is 0.779. The Morgan fingerprint density at radius 2 is 1.58 bits per heavy atom. The molecule has 0 amide bonds. The van der Waals surface area contributed by atoms with Crippen LogP contribution in [-0.4, -0.2) is 100 Å². The zero-order valence-corrected chi connectivity index (χ0v) is 33.8. The summed E-state index contributed by atoms with van der Waals surface area (Å²) in [4.78, 5) is 13.2. The average Bonchev–Trinajstić information content (AvgIpc) is 3.16. The zero-order chi connectivity index (χ0) is 39.8. The molecular weight excluding hydrogens is 702 g/mol. The molecule has 1 aromatic rings. The number of fused-ring (bicyclic) bond motifs is 7. The first-order chi connectivity index (χ1) is 25.9. The van der Waals surface area contributed by atoms with Crippen molar-refractivity contribution in [3.8, 4) is 0 Å². The van der Waals surface area contributed by atoms with Crippen molar-refractivity contribution in [2.24, 2.45) is 50.2 Å². The lowest BCUT2D eigenvalue weighted by Crippen LogP contribution is -2.69. The summed E-state index contributed by atoms with van der Waals surface area (Å²) in [6.45, 7) is 12.1. The SMILES string of the molecule is CNCc1ccc(CO[C@@H]2C[C@@]3(C)[C@H](CC[C@]4(C)[C@@H]3CC=C3[C@@H]5C[C@@](C)(CO)CC[C@]5(C(=O)O)CC[C@]34C)[C@](C)(CO)[C@@H]2O[C@@H]2OC[C@@H](O)[C@H](O)[C@H]2O)cc1. The minimum absolute atomic E-state index is 0.0117. The van der Waals surface area contributed by atoms with Crippen molar-refractivity contribution >= 4 is 5.97 Å². The Hall–Kier alpha value is -1.93. The van der Waals surface area contributed by atoms with Gasteiger partial charge in [0.15, 0.2) is 6.29 Å². The molecule has 15 atom stereocenters. The van der Waals surface area contributed by atoms with E-state index in [2.05, 4.69) is 70.3 Å². The van der Waals surface area contributed by atoms with E-state index in [9.17, 15) is 35.4 Å². The van der Waals surface area contributed by atoms with E-state index in [-0.39, 0.29) is 59.2 Å². The quantitative estimate of drug-likeness (QED) is 0.131. The van der Waals surface area contributed by atoms with E-state index in [4.69, 9.17) is 14.2 Å². The summed E-state index contributed by atoms with van der Waals surface area (Å²) in [5, 5.41) is 67.8. The summed E-state index contributed by atoms with van der Waals surface area (Å²) in [7, 11) is 1.92. The third kappa shape index (κ3) is 6.38. The number of aliphatic carboxylic acids is 1. The van der Waals surface area contributed by atoms with E-state index >= 15 is 0 Å². The number of carboxylic acid groups (broad SMARTS) is 1. The molecule has 7 N–H and O–H groups in total. The standard InChI is InChI=1S/C44H67NO10/c1-39(24-46)15-17-44(38(51)52)18-16-42(4)28(29(44)19-39)11-12-33-40(2)20-31(53-22-27-9-7-26(8-10-27)21-45-6)36(55-37-35(50)34(49)30(48)23-54-37)41(3,25-47)32(40)13-14-43(33,42)5/h7-11,29-37,45-50H,12-25H2,1-6H3,(H,51,52)/t29-,30+,31+,32-,33+,34-,35+,36+,37-,39-,40-,41-,42+,43+,44-/m0/s1. The molecule has 1 saturated heterocycles. The summed E-state index contributed by atoms with van der Waals surface area (Å²) >= 11 is 0. The lowest BCUT2D eigenvalue weighted by Gasteiger charge is -2.72.